The SMILES string of the molecule is COc1cccc(OC)c1C(=O)Nc1ccc(S(=O)(=O)Nc2cccc(C(F)(F)F)c2)cc1. The van der Waals surface area contributed by atoms with Crippen molar-refractivity contribution in [3.8, 4) is 11.5 Å². The van der Waals surface area contributed by atoms with Gasteiger partial charge in [0.25, 0.3) is 15.9 Å². The summed E-state index contributed by atoms with van der Waals surface area (Å²) in [6, 6.07) is 13.8. The van der Waals surface area contributed by atoms with Gasteiger partial charge in [0.1, 0.15) is 17.1 Å². The van der Waals surface area contributed by atoms with Gasteiger partial charge in [-0.1, -0.05) is 12.1 Å². The lowest BCUT2D eigenvalue weighted by Crippen LogP contribution is -2.16. The van der Waals surface area contributed by atoms with Crippen LogP contribution in [0.25, 0.3) is 0 Å². The van der Waals surface area contributed by atoms with Crippen LogP contribution in [0.15, 0.2) is 71.6 Å². The van der Waals surface area contributed by atoms with E-state index in [1.54, 1.807) is 18.2 Å². The Morgan fingerprint density at radius 3 is 1.97 bits per heavy atom. The van der Waals surface area contributed by atoms with Crippen LogP contribution in [0.4, 0.5) is 24.5 Å². The molecule has 0 saturated carbocycles. The molecule has 7 nitrogen and oxygen atoms in total. The van der Waals surface area contributed by atoms with Crippen molar-refractivity contribution in [3.63, 3.8) is 0 Å². The summed E-state index contributed by atoms with van der Waals surface area (Å²) in [4.78, 5) is 12.5. The summed E-state index contributed by atoms with van der Waals surface area (Å²) in [7, 11) is -1.35. The molecular formula is C22H19F3N2O5S. The highest BCUT2D eigenvalue weighted by Gasteiger charge is 2.30. The monoisotopic (exact) mass is 480 g/mol. The Hall–Kier alpha value is -3.73. The fourth-order valence-corrected chi connectivity index (χ4v) is 4.01. The van der Waals surface area contributed by atoms with Crippen LogP contribution in [0.1, 0.15) is 15.9 Å². The quantitative estimate of drug-likeness (QED) is 0.508. The maximum absolute atomic E-state index is 12.9. The first kappa shape index (κ1) is 23.9. The Kier molecular flexibility index (Phi) is 6.82. The minimum Gasteiger partial charge on any atom is -0.496 e. The van der Waals surface area contributed by atoms with Crippen LogP contribution in [0, 0.1) is 0 Å². The molecule has 0 spiro atoms. The minimum absolute atomic E-state index is 0.158. The Bertz CT molecular complexity index is 1240. The van der Waals surface area contributed by atoms with Gasteiger partial charge in [-0.25, -0.2) is 8.42 Å². The molecule has 1 amide bonds. The number of carbonyl (C=O) groups is 1. The van der Waals surface area contributed by atoms with Crippen molar-refractivity contribution in [2.24, 2.45) is 0 Å². The molecule has 3 aromatic rings. The number of anilines is 2. The van der Waals surface area contributed by atoms with E-state index in [0.29, 0.717) is 6.07 Å². The van der Waals surface area contributed by atoms with Gasteiger partial charge in [0.05, 0.1) is 24.7 Å². The van der Waals surface area contributed by atoms with Gasteiger partial charge in [0.15, 0.2) is 0 Å². The van der Waals surface area contributed by atoms with Gasteiger partial charge in [-0.05, 0) is 54.6 Å². The zero-order valence-electron chi connectivity index (χ0n) is 17.4. The summed E-state index contributed by atoms with van der Waals surface area (Å²) < 4.78 is 76.2. The second-order valence-electron chi connectivity index (χ2n) is 6.70. The number of ether oxygens (including phenoxy) is 2. The Morgan fingerprint density at radius 2 is 1.42 bits per heavy atom. The highest BCUT2D eigenvalue weighted by Crippen LogP contribution is 2.32. The number of benzene rings is 3. The van der Waals surface area contributed by atoms with Gasteiger partial charge in [0.2, 0.25) is 0 Å². The Morgan fingerprint density at radius 1 is 0.848 bits per heavy atom. The summed E-state index contributed by atoms with van der Waals surface area (Å²) in [6.07, 6.45) is -4.61. The number of rotatable bonds is 7. The van der Waals surface area contributed by atoms with E-state index in [9.17, 15) is 26.4 Å². The highest BCUT2D eigenvalue weighted by molar-refractivity contribution is 7.92. The standard InChI is InChI=1S/C22H19F3N2O5S/c1-31-18-7-4-8-19(32-2)20(18)21(28)26-15-9-11-17(12-10-15)33(29,30)27-16-6-3-5-14(13-16)22(23,24)25/h3-13,27H,1-2H3,(H,26,28). The smallest absolute Gasteiger partial charge is 0.416 e. The molecule has 0 radical (unpaired) electrons. The molecule has 0 aromatic heterocycles. The molecule has 3 rings (SSSR count). The average molecular weight is 480 g/mol. The van der Waals surface area contributed by atoms with Crippen molar-refractivity contribution >= 4 is 27.3 Å². The van der Waals surface area contributed by atoms with Crippen LogP contribution in [0.2, 0.25) is 0 Å². The highest BCUT2D eigenvalue weighted by atomic mass is 32.2. The van der Waals surface area contributed by atoms with Crippen molar-refractivity contribution in [2.75, 3.05) is 24.3 Å². The van der Waals surface area contributed by atoms with E-state index in [1.165, 1.54) is 44.6 Å². The number of sulfonamides is 1. The summed E-state index contributed by atoms with van der Waals surface area (Å²) in [5, 5.41) is 2.62. The zero-order valence-corrected chi connectivity index (χ0v) is 18.3. The Balaban J connectivity index is 1.79. The third kappa shape index (κ3) is 5.55. The Labute approximate surface area is 188 Å². The van der Waals surface area contributed by atoms with Crippen LogP contribution < -0.4 is 19.5 Å². The van der Waals surface area contributed by atoms with E-state index in [4.69, 9.17) is 9.47 Å². The molecule has 0 bridgehead atoms. The van der Waals surface area contributed by atoms with E-state index < -0.39 is 27.7 Å². The number of hydrogen-bond acceptors (Lipinski definition) is 5. The maximum atomic E-state index is 12.9. The number of carbonyl (C=O) groups excluding carboxylic acids is 1. The fourth-order valence-electron chi connectivity index (χ4n) is 2.96. The second kappa shape index (κ2) is 9.41. The molecule has 0 unspecified atom stereocenters. The van der Waals surface area contributed by atoms with Crippen molar-refractivity contribution in [2.45, 2.75) is 11.1 Å². The van der Waals surface area contributed by atoms with E-state index >= 15 is 0 Å². The molecule has 0 aliphatic rings. The van der Waals surface area contributed by atoms with Crippen molar-refractivity contribution in [3.05, 3.63) is 77.9 Å². The molecule has 0 aliphatic carbocycles. The molecule has 0 atom stereocenters. The average Bonchev–Trinajstić information content (AvgIpc) is 2.78. The van der Waals surface area contributed by atoms with Gasteiger partial charge >= 0.3 is 6.18 Å². The lowest BCUT2D eigenvalue weighted by atomic mass is 10.1. The lowest BCUT2D eigenvalue weighted by Gasteiger charge is -2.14. The molecule has 0 aliphatic heterocycles. The van der Waals surface area contributed by atoms with E-state index in [0.717, 1.165) is 12.1 Å². The molecule has 0 saturated heterocycles. The van der Waals surface area contributed by atoms with Gasteiger partial charge in [-0.3, -0.25) is 9.52 Å². The van der Waals surface area contributed by atoms with E-state index in [2.05, 4.69) is 10.0 Å². The van der Waals surface area contributed by atoms with Crippen molar-refractivity contribution in [1.82, 2.24) is 0 Å². The van der Waals surface area contributed by atoms with E-state index in [-0.39, 0.29) is 33.3 Å². The summed E-state index contributed by atoms with van der Waals surface area (Å²) >= 11 is 0. The van der Waals surface area contributed by atoms with Crippen molar-refractivity contribution < 1.29 is 35.9 Å². The van der Waals surface area contributed by atoms with Gasteiger partial charge < -0.3 is 14.8 Å². The van der Waals surface area contributed by atoms with Crippen molar-refractivity contribution in [1.29, 1.82) is 0 Å². The first-order valence-corrected chi connectivity index (χ1v) is 10.9. The second-order valence-corrected chi connectivity index (χ2v) is 8.38. The van der Waals surface area contributed by atoms with Gasteiger partial charge in [0, 0.05) is 11.4 Å². The first-order valence-electron chi connectivity index (χ1n) is 9.37. The lowest BCUT2D eigenvalue weighted by molar-refractivity contribution is -0.137. The molecule has 0 heterocycles. The molecular weight excluding hydrogens is 461 g/mol. The number of nitrogens with one attached hydrogen (secondary N) is 2. The van der Waals surface area contributed by atoms with Crippen LogP contribution in [-0.2, 0) is 16.2 Å². The molecule has 174 valence electrons. The largest absolute Gasteiger partial charge is 0.496 e. The van der Waals surface area contributed by atoms with Gasteiger partial charge in [-0.2, -0.15) is 13.2 Å². The number of amides is 1. The maximum Gasteiger partial charge on any atom is 0.416 e. The van der Waals surface area contributed by atoms with Crippen LogP contribution in [0.3, 0.4) is 0 Å². The molecule has 33 heavy (non-hydrogen) atoms. The van der Waals surface area contributed by atoms with Gasteiger partial charge in [-0.15, -0.1) is 0 Å². The topological polar surface area (TPSA) is 93.7 Å². The van der Waals surface area contributed by atoms with Crippen LogP contribution >= 0.6 is 0 Å². The number of halogens is 3. The first-order chi connectivity index (χ1) is 15.5. The molecule has 2 N–H and O–H groups in total. The fraction of sp³-hybridized carbons (Fsp3) is 0.136. The molecule has 3 aromatic carbocycles. The molecule has 0 fully saturated rings. The zero-order chi connectivity index (χ0) is 24.2. The predicted octanol–water partition coefficient (Wildman–Crippen LogP) is 4.78. The predicted molar refractivity (Wildman–Crippen MR) is 116 cm³/mol. The number of hydrogen-bond donors (Lipinski definition) is 2. The number of alkyl halides is 3. The van der Waals surface area contributed by atoms with E-state index in [1.807, 2.05) is 0 Å². The van der Waals surface area contributed by atoms with Crippen LogP contribution in [-0.4, -0.2) is 28.5 Å². The van der Waals surface area contributed by atoms with Crippen LogP contribution in [0.5, 0.6) is 11.5 Å². The minimum atomic E-state index is -4.61. The number of methoxy groups -OCH3 is 2. The normalized spacial score (nSPS) is 11.5. The third-order valence-electron chi connectivity index (χ3n) is 4.52. The summed E-state index contributed by atoms with van der Waals surface area (Å²) in [5.74, 6) is 0.0367. The summed E-state index contributed by atoms with van der Waals surface area (Å²) in [5.41, 5.74) is -0.769. The summed E-state index contributed by atoms with van der Waals surface area (Å²) in [6.45, 7) is 0. The molecule has 11 heteroatoms. The third-order valence-corrected chi connectivity index (χ3v) is 5.92.